The minimum Gasteiger partial charge on any atom is -0.493 e. The topological polar surface area (TPSA) is 66.9 Å². The molecule has 0 saturated carbocycles. The molecule has 0 unspecified atom stereocenters. The highest BCUT2D eigenvalue weighted by Crippen LogP contribution is 2.41. The number of Topliss-reactive ketones (excluding diaryl/α,β-unsaturated/α-hetero) is 1. The van der Waals surface area contributed by atoms with Crippen molar-refractivity contribution >= 4 is 40.6 Å². The Kier molecular flexibility index (Phi) is 8.45. The maximum atomic E-state index is 13.1. The van der Waals surface area contributed by atoms with Crippen molar-refractivity contribution in [3.8, 4) is 23.0 Å². The van der Waals surface area contributed by atoms with Crippen molar-refractivity contribution in [1.29, 1.82) is 0 Å². The summed E-state index contributed by atoms with van der Waals surface area (Å²) in [6, 6.07) is 10.2. The molecule has 0 amide bonds. The SMILES string of the molecule is COc1ccc(C(=O)Cc2c(Cl)cncc2Cl)c(OCCOc2ccc(Cl)cc2)c1OC. The molecule has 0 aliphatic heterocycles. The van der Waals surface area contributed by atoms with E-state index in [-0.39, 0.29) is 31.2 Å². The zero-order chi connectivity index (χ0) is 23.1. The van der Waals surface area contributed by atoms with E-state index < -0.39 is 0 Å². The maximum absolute atomic E-state index is 13.1. The number of nitrogens with zero attached hydrogens (tertiary/aromatic N) is 1. The fourth-order valence-corrected chi connectivity index (χ4v) is 3.58. The zero-order valence-corrected chi connectivity index (χ0v) is 19.6. The Morgan fingerprint density at radius 1 is 0.844 bits per heavy atom. The van der Waals surface area contributed by atoms with Crippen LogP contribution in [0.3, 0.4) is 0 Å². The Morgan fingerprint density at radius 3 is 2.12 bits per heavy atom. The highest BCUT2D eigenvalue weighted by Gasteiger charge is 2.23. The molecule has 0 radical (unpaired) electrons. The molecule has 0 aliphatic carbocycles. The van der Waals surface area contributed by atoms with Gasteiger partial charge in [0, 0.05) is 29.4 Å². The van der Waals surface area contributed by atoms with Gasteiger partial charge in [0.15, 0.2) is 17.3 Å². The third-order valence-electron chi connectivity index (χ3n) is 4.50. The van der Waals surface area contributed by atoms with Gasteiger partial charge in [0.05, 0.1) is 29.8 Å². The molecule has 0 aliphatic rings. The lowest BCUT2D eigenvalue weighted by molar-refractivity contribution is 0.0986. The molecule has 9 heteroatoms. The number of ether oxygens (including phenoxy) is 4. The van der Waals surface area contributed by atoms with Crippen LogP contribution in [0.4, 0.5) is 0 Å². The Bertz CT molecular complexity index is 1070. The fraction of sp³-hybridized carbons (Fsp3) is 0.217. The van der Waals surface area contributed by atoms with E-state index >= 15 is 0 Å². The third-order valence-corrected chi connectivity index (χ3v) is 5.41. The molecule has 1 aromatic heterocycles. The van der Waals surface area contributed by atoms with Gasteiger partial charge in [-0.15, -0.1) is 0 Å². The molecule has 0 bridgehead atoms. The van der Waals surface area contributed by atoms with Crippen molar-refractivity contribution in [2.75, 3.05) is 27.4 Å². The van der Waals surface area contributed by atoms with Gasteiger partial charge in [0.25, 0.3) is 0 Å². The molecule has 0 spiro atoms. The average Bonchev–Trinajstić information content (AvgIpc) is 2.79. The molecule has 6 nitrogen and oxygen atoms in total. The van der Waals surface area contributed by atoms with E-state index in [0.29, 0.717) is 43.4 Å². The number of rotatable bonds is 10. The number of hydrogen-bond donors (Lipinski definition) is 0. The van der Waals surface area contributed by atoms with Crippen LogP contribution in [0, 0.1) is 0 Å². The van der Waals surface area contributed by atoms with Crippen molar-refractivity contribution in [2.24, 2.45) is 0 Å². The van der Waals surface area contributed by atoms with Crippen LogP contribution in [0.15, 0.2) is 48.8 Å². The van der Waals surface area contributed by atoms with Crippen LogP contribution < -0.4 is 18.9 Å². The number of carbonyl (C=O) groups excluding carboxylic acids is 1. The van der Waals surface area contributed by atoms with Gasteiger partial charge in [-0.1, -0.05) is 34.8 Å². The molecule has 0 saturated heterocycles. The molecule has 1 heterocycles. The van der Waals surface area contributed by atoms with E-state index in [1.165, 1.54) is 26.6 Å². The standard InChI is InChI=1S/C23H20Cl3NO5/c1-29-21-8-7-16(20(28)11-17-18(25)12-27-13-19(17)26)22(23(21)30-2)32-10-9-31-15-5-3-14(24)4-6-15/h3-8,12-13H,9-11H2,1-2H3. The van der Waals surface area contributed by atoms with Crippen LogP contribution in [0.25, 0.3) is 0 Å². The summed E-state index contributed by atoms with van der Waals surface area (Å²) in [5.74, 6) is 1.37. The molecule has 2 aromatic carbocycles. The monoisotopic (exact) mass is 495 g/mol. The first-order chi connectivity index (χ1) is 15.4. The maximum Gasteiger partial charge on any atom is 0.204 e. The summed E-state index contributed by atoms with van der Waals surface area (Å²) in [4.78, 5) is 17.0. The summed E-state index contributed by atoms with van der Waals surface area (Å²) in [5, 5.41) is 1.24. The third kappa shape index (κ3) is 5.76. The second-order valence-corrected chi connectivity index (χ2v) is 7.76. The first-order valence-electron chi connectivity index (χ1n) is 9.51. The van der Waals surface area contributed by atoms with Gasteiger partial charge in [-0.2, -0.15) is 0 Å². The molecule has 0 atom stereocenters. The Hall–Kier alpha value is -2.67. The highest BCUT2D eigenvalue weighted by molar-refractivity contribution is 6.36. The molecule has 32 heavy (non-hydrogen) atoms. The first-order valence-corrected chi connectivity index (χ1v) is 10.6. The number of hydrogen-bond acceptors (Lipinski definition) is 6. The largest absolute Gasteiger partial charge is 0.493 e. The average molecular weight is 497 g/mol. The van der Waals surface area contributed by atoms with Gasteiger partial charge >= 0.3 is 0 Å². The number of halogens is 3. The molecule has 3 aromatic rings. The molecule has 168 valence electrons. The molecular formula is C23H20Cl3NO5. The summed E-state index contributed by atoms with van der Waals surface area (Å²) in [7, 11) is 2.98. The van der Waals surface area contributed by atoms with Gasteiger partial charge in [-0.05, 0) is 36.4 Å². The van der Waals surface area contributed by atoms with Crippen molar-refractivity contribution < 1.29 is 23.7 Å². The number of pyridine rings is 1. The normalized spacial score (nSPS) is 10.5. The van der Waals surface area contributed by atoms with Gasteiger partial charge in [0.2, 0.25) is 5.75 Å². The molecular weight excluding hydrogens is 477 g/mol. The number of benzene rings is 2. The minimum absolute atomic E-state index is 0.0344. The van der Waals surface area contributed by atoms with E-state index in [0.717, 1.165) is 0 Å². The van der Waals surface area contributed by atoms with E-state index in [9.17, 15) is 4.79 Å². The second kappa shape index (κ2) is 11.3. The Labute approximate surface area is 200 Å². The predicted octanol–water partition coefficient (Wildman–Crippen LogP) is 5.94. The summed E-state index contributed by atoms with van der Waals surface area (Å²) in [6.45, 7) is 0.390. The van der Waals surface area contributed by atoms with Gasteiger partial charge in [-0.25, -0.2) is 0 Å². The predicted molar refractivity (Wildman–Crippen MR) is 124 cm³/mol. The number of ketones is 1. The Morgan fingerprint density at radius 2 is 1.50 bits per heavy atom. The highest BCUT2D eigenvalue weighted by atomic mass is 35.5. The van der Waals surface area contributed by atoms with E-state index in [4.69, 9.17) is 53.8 Å². The van der Waals surface area contributed by atoms with Crippen molar-refractivity contribution in [3.05, 3.63) is 75.0 Å². The van der Waals surface area contributed by atoms with Crippen LogP contribution in [-0.4, -0.2) is 38.2 Å². The summed E-state index contributed by atoms with van der Waals surface area (Å²) < 4.78 is 22.4. The molecule has 3 rings (SSSR count). The van der Waals surface area contributed by atoms with E-state index in [1.54, 1.807) is 36.4 Å². The second-order valence-electron chi connectivity index (χ2n) is 6.51. The summed E-state index contributed by atoms with van der Waals surface area (Å²) in [6.07, 6.45) is 2.85. The van der Waals surface area contributed by atoms with E-state index in [2.05, 4.69) is 4.98 Å². The van der Waals surface area contributed by atoms with Gasteiger partial charge < -0.3 is 18.9 Å². The van der Waals surface area contributed by atoms with Crippen LogP contribution in [0.1, 0.15) is 15.9 Å². The first kappa shape index (κ1) is 24.0. The molecule has 0 N–H and O–H groups in total. The number of carbonyl (C=O) groups is 1. The van der Waals surface area contributed by atoms with E-state index in [1.807, 2.05) is 0 Å². The smallest absolute Gasteiger partial charge is 0.204 e. The van der Waals surface area contributed by atoms with Crippen molar-refractivity contribution in [2.45, 2.75) is 6.42 Å². The van der Waals surface area contributed by atoms with Crippen molar-refractivity contribution in [3.63, 3.8) is 0 Å². The minimum atomic E-state index is -0.255. The quantitative estimate of drug-likeness (QED) is 0.255. The van der Waals surface area contributed by atoms with Crippen molar-refractivity contribution in [1.82, 2.24) is 4.98 Å². The van der Waals surface area contributed by atoms with Crippen LogP contribution in [-0.2, 0) is 6.42 Å². The number of aromatic nitrogens is 1. The van der Waals surface area contributed by atoms with Gasteiger partial charge in [0.1, 0.15) is 19.0 Å². The van der Waals surface area contributed by atoms with Crippen LogP contribution in [0.2, 0.25) is 15.1 Å². The lowest BCUT2D eigenvalue weighted by atomic mass is 10.0. The fourth-order valence-electron chi connectivity index (χ4n) is 2.96. The summed E-state index contributed by atoms with van der Waals surface area (Å²) >= 11 is 18.2. The van der Waals surface area contributed by atoms with Gasteiger partial charge in [-0.3, -0.25) is 9.78 Å². The summed E-state index contributed by atoms with van der Waals surface area (Å²) in [5.41, 5.74) is 0.790. The zero-order valence-electron chi connectivity index (χ0n) is 17.4. The number of methoxy groups -OCH3 is 2. The Balaban J connectivity index is 1.81. The lowest BCUT2D eigenvalue weighted by Gasteiger charge is -2.17. The van der Waals surface area contributed by atoms with Crippen LogP contribution >= 0.6 is 34.8 Å². The van der Waals surface area contributed by atoms with Crippen LogP contribution in [0.5, 0.6) is 23.0 Å². The molecule has 0 fully saturated rings. The lowest BCUT2D eigenvalue weighted by Crippen LogP contribution is -2.14.